The first-order valence-corrected chi connectivity index (χ1v) is 6.64. The van der Waals surface area contributed by atoms with E-state index in [4.69, 9.17) is 11.6 Å². The molecular formula is C15H14ClN3. The third-order valence-corrected chi connectivity index (χ3v) is 3.20. The Morgan fingerprint density at radius 2 is 1.95 bits per heavy atom. The van der Waals surface area contributed by atoms with E-state index in [1.807, 2.05) is 41.2 Å². The summed E-state index contributed by atoms with van der Waals surface area (Å²) in [5, 5.41) is 8.48. The monoisotopic (exact) mass is 271 g/mol. The van der Waals surface area contributed by atoms with Gasteiger partial charge in [0.25, 0.3) is 0 Å². The first-order valence-electron chi connectivity index (χ1n) is 6.26. The van der Waals surface area contributed by atoms with E-state index in [-0.39, 0.29) is 0 Å². The second-order valence-electron chi connectivity index (χ2n) is 4.39. The van der Waals surface area contributed by atoms with E-state index in [0.717, 1.165) is 35.1 Å². The summed E-state index contributed by atoms with van der Waals surface area (Å²) in [5.74, 6) is 0.821. The summed E-state index contributed by atoms with van der Waals surface area (Å²) < 4.78 is 1.88. The van der Waals surface area contributed by atoms with Crippen molar-refractivity contribution in [3.8, 4) is 0 Å². The van der Waals surface area contributed by atoms with Gasteiger partial charge in [-0.15, -0.1) is 0 Å². The molecule has 0 amide bonds. The van der Waals surface area contributed by atoms with Crippen LogP contribution in [-0.2, 0) is 0 Å². The predicted octanol–water partition coefficient (Wildman–Crippen LogP) is 4.47. The van der Waals surface area contributed by atoms with Gasteiger partial charge in [0.15, 0.2) is 5.82 Å². The second-order valence-corrected chi connectivity index (χ2v) is 4.82. The van der Waals surface area contributed by atoms with Crippen LogP contribution in [0.5, 0.6) is 0 Å². The van der Waals surface area contributed by atoms with E-state index < -0.39 is 0 Å². The highest BCUT2D eigenvalue weighted by molar-refractivity contribution is 6.30. The number of hydrogen-bond acceptors (Lipinski definition) is 2. The van der Waals surface area contributed by atoms with Gasteiger partial charge in [-0.05, 0) is 43.2 Å². The highest BCUT2D eigenvalue weighted by Crippen LogP contribution is 2.20. The van der Waals surface area contributed by atoms with Crippen molar-refractivity contribution in [1.29, 1.82) is 0 Å². The standard InChI is InChI=1S/C15H14ClN3/c16-12-6-8-13(9-7-12)17-15-10-11-19(18-15)14-4-2-1-3-5-14/h2,4-11H,1,3H2,(H,17,18). The van der Waals surface area contributed by atoms with Crippen molar-refractivity contribution in [2.45, 2.75) is 12.8 Å². The number of aromatic nitrogens is 2. The van der Waals surface area contributed by atoms with E-state index in [1.54, 1.807) is 0 Å². The van der Waals surface area contributed by atoms with Gasteiger partial charge in [0.1, 0.15) is 0 Å². The highest BCUT2D eigenvalue weighted by Gasteiger charge is 2.03. The maximum atomic E-state index is 5.86. The Balaban J connectivity index is 1.76. The maximum Gasteiger partial charge on any atom is 0.152 e. The highest BCUT2D eigenvalue weighted by atomic mass is 35.5. The first kappa shape index (κ1) is 12.1. The quantitative estimate of drug-likeness (QED) is 0.892. The number of halogens is 1. The Labute approximate surface area is 117 Å². The Morgan fingerprint density at radius 3 is 2.68 bits per heavy atom. The zero-order valence-electron chi connectivity index (χ0n) is 10.4. The molecule has 3 nitrogen and oxygen atoms in total. The first-order chi connectivity index (χ1) is 9.31. The van der Waals surface area contributed by atoms with E-state index in [1.165, 1.54) is 0 Å². The fourth-order valence-corrected chi connectivity index (χ4v) is 2.11. The molecule has 0 saturated carbocycles. The van der Waals surface area contributed by atoms with Gasteiger partial charge < -0.3 is 5.32 Å². The smallest absolute Gasteiger partial charge is 0.152 e. The molecule has 1 heterocycles. The second kappa shape index (κ2) is 5.33. The van der Waals surface area contributed by atoms with Crippen LogP contribution in [0, 0.1) is 0 Å². The SMILES string of the molecule is Clc1ccc(Nc2ccn(C3=CCCC=C3)n2)cc1. The lowest BCUT2D eigenvalue weighted by Gasteiger charge is -2.06. The van der Waals surface area contributed by atoms with Crippen molar-refractivity contribution in [1.82, 2.24) is 9.78 Å². The Morgan fingerprint density at radius 1 is 1.11 bits per heavy atom. The molecule has 2 aromatic rings. The van der Waals surface area contributed by atoms with Gasteiger partial charge >= 0.3 is 0 Å². The van der Waals surface area contributed by atoms with Crippen molar-refractivity contribution in [2.24, 2.45) is 0 Å². The van der Waals surface area contributed by atoms with Crippen LogP contribution in [0.25, 0.3) is 5.70 Å². The molecule has 0 bridgehead atoms. The van der Waals surface area contributed by atoms with Crippen molar-refractivity contribution < 1.29 is 0 Å². The Hall–Kier alpha value is -2.00. The molecule has 3 rings (SSSR count). The minimum Gasteiger partial charge on any atom is -0.339 e. The third kappa shape index (κ3) is 2.88. The van der Waals surface area contributed by atoms with E-state index in [2.05, 4.69) is 28.6 Å². The summed E-state index contributed by atoms with van der Waals surface area (Å²) in [4.78, 5) is 0. The lowest BCUT2D eigenvalue weighted by molar-refractivity contribution is 0.892. The number of nitrogens with one attached hydrogen (secondary N) is 1. The summed E-state index contributed by atoms with van der Waals surface area (Å²) in [7, 11) is 0. The largest absolute Gasteiger partial charge is 0.339 e. The molecule has 1 aliphatic rings. The lowest BCUT2D eigenvalue weighted by Crippen LogP contribution is -1.99. The molecule has 19 heavy (non-hydrogen) atoms. The molecule has 1 aromatic carbocycles. The molecule has 0 aliphatic heterocycles. The molecule has 96 valence electrons. The number of anilines is 2. The van der Waals surface area contributed by atoms with Gasteiger partial charge in [0, 0.05) is 23.0 Å². The predicted molar refractivity (Wildman–Crippen MR) is 79.6 cm³/mol. The molecule has 1 aromatic heterocycles. The van der Waals surface area contributed by atoms with Crippen molar-refractivity contribution >= 4 is 28.8 Å². The fourth-order valence-electron chi connectivity index (χ4n) is 1.98. The molecule has 0 atom stereocenters. The van der Waals surface area contributed by atoms with Crippen LogP contribution in [0.1, 0.15) is 12.8 Å². The lowest BCUT2D eigenvalue weighted by atomic mass is 10.1. The molecule has 1 N–H and O–H groups in total. The number of nitrogens with zero attached hydrogens (tertiary/aromatic N) is 2. The van der Waals surface area contributed by atoms with Gasteiger partial charge in [-0.2, -0.15) is 5.10 Å². The zero-order valence-corrected chi connectivity index (χ0v) is 11.1. The van der Waals surface area contributed by atoms with Crippen LogP contribution in [0.3, 0.4) is 0 Å². The molecule has 0 unspecified atom stereocenters. The summed E-state index contributed by atoms with van der Waals surface area (Å²) >= 11 is 5.86. The average molecular weight is 272 g/mol. The number of hydrogen-bond donors (Lipinski definition) is 1. The average Bonchev–Trinajstić information content (AvgIpc) is 2.91. The van der Waals surface area contributed by atoms with Gasteiger partial charge in [-0.3, -0.25) is 0 Å². The normalized spacial score (nSPS) is 14.3. The van der Waals surface area contributed by atoms with Crippen LogP contribution in [0.2, 0.25) is 5.02 Å². The summed E-state index contributed by atoms with van der Waals surface area (Å²) in [6.45, 7) is 0. The molecule has 0 radical (unpaired) electrons. The minimum atomic E-state index is 0.730. The molecule has 0 spiro atoms. The topological polar surface area (TPSA) is 29.9 Å². The van der Waals surface area contributed by atoms with Crippen LogP contribution < -0.4 is 5.32 Å². The Kier molecular flexibility index (Phi) is 3.38. The molecule has 0 saturated heterocycles. The Bertz CT molecular complexity index is 623. The number of rotatable bonds is 3. The van der Waals surface area contributed by atoms with Gasteiger partial charge in [0.05, 0.1) is 5.70 Å². The van der Waals surface area contributed by atoms with E-state index in [9.17, 15) is 0 Å². The van der Waals surface area contributed by atoms with Gasteiger partial charge in [-0.1, -0.05) is 23.8 Å². The van der Waals surface area contributed by atoms with Gasteiger partial charge in [0.2, 0.25) is 0 Å². The van der Waals surface area contributed by atoms with Crippen molar-refractivity contribution in [3.05, 3.63) is 59.8 Å². The van der Waals surface area contributed by atoms with Crippen LogP contribution in [-0.4, -0.2) is 9.78 Å². The van der Waals surface area contributed by atoms with E-state index in [0.29, 0.717) is 0 Å². The van der Waals surface area contributed by atoms with Crippen LogP contribution in [0.4, 0.5) is 11.5 Å². The van der Waals surface area contributed by atoms with E-state index >= 15 is 0 Å². The molecule has 4 heteroatoms. The summed E-state index contributed by atoms with van der Waals surface area (Å²) in [6.07, 6.45) is 10.6. The fraction of sp³-hybridized carbons (Fsp3) is 0.133. The number of benzene rings is 1. The van der Waals surface area contributed by atoms with Gasteiger partial charge in [-0.25, -0.2) is 4.68 Å². The number of allylic oxidation sites excluding steroid dienone is 4. The zero-order chi connectivity index (χ0) is 13.1. The van der Waals surface area contributed by atoms with Crippen LogP contribution >= 0.6 is 11.6 Å². The maximum absolute atomic E-state index is 5.86. The van der Waals surface area contributed by atoms with Crippen molar-refractivity contribution in [2.75, 3.05) is 5.32 Å². The third-order valence-electron chi connectivity index (χ3n) is 2.95. The van der Waals surface area contributed by atoms with Crippen LogP contribution in [0.15, 0.2) is 54.8 Å². The minimum absolute atomic E-state index is 0.730. The van der Waals surface area contributed by atoms with Crippen molar-refractivity contribution in [3.63, 3.8) is 0 Å². The summed E-state index contributed by atoms with van der Waals surface area (Å²) in [5.41, 5.74) is 2.10. The molecular weight excluding hydrogens is 258 g/mol. The summed E-state index contributed by atoms with van der Waals surface area (Å²) in [6, 6.07) is 9.53. The molecule has 0 fully saturated rings. The molecule has 1 aliphatic carbocycles.